The van der Waals surface area contributed by atoms with Gasteiger partial charge in [0.15, 0.2) is 10.6 Å². The summed E-state index contributed by atoms with van der Waals surface area (Å²) >= 11 is 5.11. The molecule has 20 heavy (non-hydrogen) atoms. The number of aromatic amines is 1. The highest BCUT2D eigenvalue weighted by Gasteiger charge is 2.36. The van der Waals surface area contributed by atoms with Crippen LogP contribution < -0.4 is 5.73 Å². The second-order valence-corrected chi connectivity index (χ2v) is 5.15. The van der Waals surface area contributed by atoms with Crippen LogP contribution in [0.15, 0.2) is 6.33 Å². The fourth-order valence-corrected chi connectivity index (χ4v) is 2.76. The number of hydrogen-bond acceptors (Lipinski definition) is 7. The highest BCUT2D eigenvalue weighted by molar-refractivity contribution is 7.71. The maximum Gasteiger partial charge on any atom is 0.200 e. The molecule has 1 fully saturated rings. The number of aromatic nitrogens is 4. The van der Waals surface area contributed by atoms with E-state index in [0.29, 0.717) is 22.2 Å². The van der Waals surface area contributed by atoms with Crippen LogP contribution in [-0.4, -0.2) is 49.0 Å². The Morgan fingerprint density at radius 1 is 1.50 bits per heavy atom. The Morgan fingerprint density at radius 2 is 2.30 bits per heavy atom. The first kappa shape index (κ1) is 13.4. The van der Waals surface area contributed by atoms with Crippen LogP contribution in [0.5, 0.6) is 0 Å². The van der Waals surface area contributed by atoms with E-state index in [4.69, 9.17) is 22.7 Å². The molecule has 108 valence electrons. The van der Waals surface area contributed by atoms with E-state index in [9.17, 15) is 10.2 Å². The number of hydrogen-bond donors (Lipinski definition) is 4. The molecule has 1 aliphatic heterocycles. The van der Waals surface area contributed by atoms with Gasteiger partial charge in [-0.05, 0) is 0 Å². The summed E-state index contributed by atoms with van der Waals surface area (Å²) in [6.45, 7) is -0.165. The topological polar surface area (TPSA) is 122 Å². The molecule has 3 rings (SSSR count). The van der Waals surface area contributed by atoms with E-state index in [0.717, 1.165) is 0 Å². The average Bonchev–Trinajstić information content (AvgIpc) is 3.01. The third-order valence-electron chi connectivity index (χ3n) is 3.55. The van der Waals surface area contributed by atoms with Gasteiger partial charge in [-0.2, -0.15) is 0 Å². The lowest BCUT2D eigenvalue weighted by Crippen LogP contribution is -2.23. The minimum absolute atomic E-state index is 0.0337. The zero-order chi connectivity index (χ0) is 14.3. The summed E-state index contributed by atoms with van der Waals surface area (Å²) in [4.78, 5) is 11.1. The Hall–Kier alpha value is -1.55. The molecule has 0 bridgehead atoms. The molecule has 0 spiro atoms. The molecular weight excluding hydrogens is 282 g/mol. The SMILES string of the molecule is Nc1nc(=S)c2ncn([C@H]3C[C@H](CO)[C@@H](CO)O3)c2[nH]1. The number of nitrogens with one attached hydrogen (secondary N) is 1. The summed E-state index contributed by atoms with van der Waals surface area (Å²) < 4.78 is 7.83. The van der Waals surface area contributed by atoms with Crippen LogP contribution in [0, 0.1) is 10.6 Å². The van der Waals surface area contributed by atoms with Gasteiger partial charge in [0, 0.05) is 18.9 Å². The summed E-state index contributed by atoms with van der Waals surface area (Å²) in [5.74, 6) is 0.101. The Balaban J connectivity index is 2.01. The van der Waals surface area contributed by atoms with E-state index in [2.05, 4.69) is 15.0 Å². The standard InChI is InChI=1S/C11H15N5O3S/c12-11-14-9-8(10(20)15-11)13-4-16(9)7-1-5(2-17)6(3-18)19-7/h4-7,17-18H,1-3H2,(H3,12,14,15,20)/t5-,6-,7-/m1/s1. The Labute approximate surface area is 119 Å². The molecule has 0 radical (unpaired) electrons. The van der Waals surface area contributed by atoms with Crippen molar-refractivity contribution >= 4 is 29.3 Å². The van der Waals surface area contributed by atoms with Crippen LogP contribution in [-0.2, 0) is 4.74 Å². The number of nitrogen functional groups attached to an aromatic ring is 1. The third kappa shape index (κ3) is 2.08. The maximum absolute atomic E-state index is 9.31. The number of rotatable bonds is 3. The van der Waals surface area contributed by atoms with E-state index in [-0.39, 0.29) is 37.4 Å². The molecule has 8 nitrogen and oxygen atoms in total. The molecule has 0 amide bonds. The van der Waals surface area contributed by atoms with Crippen LogP contribution in [0.25, 0.3) is 11.2 Å². The van der Waals surface area contributed by atoms with Crippen molar-refractivity contribution in [1.29, 1.82) is 0 Å². The fourth-order valence-electron chi connectivity index (χ4n) is 2.51. The lowest BCUT2D eigenvalue weighted by Gasteiger charge is -2.14. The molecular formula is C11H15N5O3S. The number of anilines is 1. The van der Waals surface area contributed by atoms with Gasteiger partial charge in [0.25, 0.3) is 0 Å². The summed E-state index contributed by atoms with van der Waals surface area (Å²) in [5, 5.41) is 18.6. The van der Waals surface area contributed by atoms with Crippen molar-refractivity contribution in [2.75, 3.05) is 18.9 Å². The second-order valence-electron chi connectivity index (χ2n) is 4.77. The number of H-pyrrole nitrogens is 1. The van der Waals surface area contributed by atoms with Gasteiger partial charge in [0.2, 0.25) is 0 Å². The number of imidazole rings is 1. The lowest BCUT2D eigenvalue weighted by molar-refractivity contribution is -0.0333. The summed E-state index contributed by atoms with van der Waals surface area (Å²) in [7, 11) is 0. The number of nitrogens with zero attached hydrogens (tertiary/aromatic N) is 3. The number of aliphatic hydroxyl groups is 2. The number of ether oxygens (including phenoxy) is 1. The van der Waals surface area contributed by atoms with Crippen LogP contribution in [0.2, 0.25) is 0 Å². The highest BCUT2D eigenvalue weighted by Crippen LogP contribution is 2.34. The quantitative estimate of drug-likeness (QED) is 0.586. The van der Waals surface area contributed by atoms with Gasteiger partial charge >= 0.3 is 0 Å². The molecule has 0 aromatic carbocycles. The molecule has 1 aliphatic rings. The van der Waals surface area contributed by atoms with Gasteiger partial charge in [0.1, 0.15) is 17.4 Å². The van der Waals surface area contributed by atoms with Crippen molar-refractivity contribution < 1.29 is 14.9 Å². The number of fused-ring (bicyclic) bond motifs is 1. The minimum atomic E-state index is -0.385. The summed E-state index contributed by atoms with van der Waals surface area (Å²) in [6, 6.07) is 0. The van der Waals surface area contributed by atoms with E-state index in [1.54, 1.807) is 10.9 Å². The first-order chi connectivity index (χ1) is 9.63. The van der Waals surface area contributed by atoms with Crippen molar-refractivity contribution in [3.8, 4) is 0 Å². The van der Waals surface area contributed by atoms with Gasteiger partial charge in [-0.3, -0.25) is 4.57 Å². The maximum atomic E-state index is 9.31. The molecule has 2 aromatic rings. The predicted molar refractivity (Wildman–Crippen MR) is 73.3 cm³/mol. The molecule has 3 atom stereocenters. The van der Waals surface area contributed by atoms with Crippen LogP contribution >= 0.6 is 12.2 Å². The monoisotopic (exact) mass is 297 g/mol. The lowest BCUT2D eigenvalue weighted by atomic mass is 10.0. The Kier molecular flexibility index (Phi) is 3.42. The van der Waals surface area contributed by atoms with Gasteiger partial charge in [0.05, 0.1) is 19.0 Å². The average molecular weight is 297 g/mol. The minimum Gasteiger partial charge on any atom is -0.396 e. The summed E-state index contributed by atoms with van der Waals surface area (Å²) in [6.07, 6.45) is 1.46. The number of nitrogens with two attached hydrogens (primary N) is 1. The first-order valence-electron chi connectivity index (χ1n) is 6.23. The first-order valence-corrected chi connectivity index (χ1v) is 6.64. The Bertz CT molecular complexity index is 672. The van der Waals surface area contributed by atoms with E-state index in [1.165, 1.54) is 0 Å². The van der Waals surface area contributed by atoms with Crippen molar-refractivity contribution in [2.24, 2.45) is 5.92 Å². The van der Waals surface area contributed by atoms with Crippen LogP contribution in [0.1, 0.15) is 12.6 Å². The van der Waals surface area contributed by atoms with Crippen molar-refractivity contribution in [2.45, 2.75) is 18.8 Å². The Morgan fingerprint density at radius 3 is 2.95 bits per heavy atom. The molecule has 0 saturated carbocycles. The highest BCUT2D eigenvalue weighted by atomic mass is 32.1. The van der Waals surface area contributed by atoms with Crippen molar-refractivity contribution in [3.05, 3.63) is 11.0 Å². The largest absolute Gasteiger partial charge is 0.396 e. The molecule has 3 heterocycles. The van der Waals surface area contributed by atoms with Crippen LogP contribution in [0.4, 0.5) is 5.95 Å². The molecule has 9 heteroatoms. The zero-order valence-electron chi connectivity index (χ0n) is 10.6. The van der Waals surface area contributed by atoms with E-state index < -0.39 is 0 Å². The molecule has 0 aliphatic carbocycles. The van der Waals surface area contributed by atoms with Gasteiger partial charge < -0.3 is 25.7 Å². The molecule has 0 unspecified atom stereocenters. The van der Waals surface area contributed by atoms with E-state index in [1.807, 2.05) is 0 Å². The van der Waals surface area contributed by atoms with Crippen molar-refractivity contribution in [3.63, 3.8) is 0 Å². The normalized spacial score (nSPS) is 26.4. The second kappa shape index (κ2) is 5.09. The zero-order valence-corrected chi connectivity index (χ0v) is 11.4. The van der Waals surface area contributed by atoms with Gasteiger partial charge in [-0.1, -0.05) is 12.2 Å². The molecule has 2 aromatic heterocycles. The van der Waals surface area contributed by atoms with Crippen LogP contribution in [0.3, 0.4) is 0 Å². The smallest absolute Gasteiger partial charge is 0.200 e. The molecule has 5 N–H and O–H groups in total. The van der Waals surface area contributed by atoms with Gasteiger partial charge in [-0.25, -0.2) is 9.97 Å². The molecule has 1 saturated heterocycles. The summed E-state index contributed by atoms with van der Waals surface area (Å²) in [5.41, 5.74) is 6.84. The van der Waals surface area contributed by atoms with Gasteiger partial charge in [-0.15, -0.1) is 0 Å². The fraction of sp³-hybridized carbons (Fsp3) is 0.545. The third-order valence-corrected chi connectivity index (χ3v) is 3.84. The van der Waals surface area contributed by atoms with E-state index >= 15 is 0 Å². The number of aliphatic hydroxyl groups excluding tert-OH is 2. The predicted octanol–water partition coefficient (Wildman–Crippen LogP) is -0.0406. The van der Waals surface area contributed by atoms with Crippen molar-refractivity contribution in [1.82, 2.24) is 19.5 Å².